The highest BCUT2D eigenvalue weighted by Crippen LogP contribution is 2.33. The largest absolute Gasteiger partial charge is 0.332 e. The first-order valence-electron chi connectivity index (χ1n) is 11.2. The fourth-order valence-electron chi connectivity index (χ4n) is 4.74. The topological polar surface area (TPSA) is 20.3 Å². The summed E-state index contributed by atoms with van der Waals surface area (Å²) in [6.45, 7) is 6.63. The average Bonchev–Trinajstić information content (AvgIpc) is 2.72. The molecule has 0 spiro atoms. The summed E-state index contributed by atoms with van der Waals surface area (Å²) in [6.07, 6.45) is 6.91. The molecule has 2 aromatic carbocycles. The van der Waals surface area contributed by atoms with Crippen LogP contribution in [-0.2, 0) is 17.6 Å². The van der Waals surface area contributed by atoms with Crippen molar-refractivity contribution < 1.29 is 4.79 Å². The molecule has 0 radical (unpaired) electrons. The Morgan fingerprint density at radius 3 is 1.86 bits per heavy atom. The third-order valence-corrected chi connectivity index (χ3v) is 6.01. The summed E-state index contributed by atoms with van der Waals surface area (Å²) in [5.41, 5.74) is 5.10. The maximum absolute atomic E-state index is 13.7. The number of amides is 1. The summed E-state index contributed by atoms with van der Waals surface area (Å²) in [5, 5.41) is 0. The van der Waals surface area contributed by atoms with Crippen molar-refractivity contribution in [3.05, 3.63) is 82.9 Å². The highest BCUT2D eigenvalue weighted by molar-refractivity contribution is 5.95. The Hall–Kier alpha value is -2.35. The number of rotatable bonds is 9. The first-order valence-corrected chi connectivity index (χ1v) is 11.2. The van der Waals surface area contributed by atoms with Crippen LogP contribution >= 0.6 is 0 Å². The monoisotopic (exact) mass is 389 g/mol. The third kappa shape index (κ3) is 5.38. The smallest absolute Gasteiger partial charge is 0.250 e. The predicted octanol–water partition coefficient (Wildman–Crippen LogP) is 6.36. The highest BCUT2D eigenvalue weighted by atomic mass is 16.2. The number of hydrogen-bond donors (Lipinski definition) is 0. The molecular weight excluding hydrogens is 354 g/mol. The number of hydrogen-bond acceptors (Lipinski definition) is 1. The molecule has 1 amide bonds. The van der Waals surface area contributed by atoms with E-state index in [0.29, 0.717) is 0 Å². The molecule has 1 aliphatic rings. The molecule has 1 heterocycles. The minimum atomic E-state index is 0.178. The van der Waals surface area contributed by atoms with Gasteiger partial charge in [-0.05, 0) is 50.2 Å². The van der Waals surface area contributed by atoms with Gasteiger partial charge >= 0.3 is 0 Å². The normalized spacial score (nSPS) is 17.3. The Balaban J connectivity index is 1.93. The Bertz CT molecular complexity index is 767. The zero-order valence-electron chi connectivity index (χ0n) is 18.2. The predicted molar refractivity (Wildman–Crippen MR) is 122 cm³/mol. The van der Waals surface area contributed by atoms with Gasteiger partial charge in [0.05, 0.1) is 0 Å². The van der Waals surface area contributed by atoms with Crippen LogP contribution in [0.5, 0.6) is 0 Å². The number of carbonyl (C=O) groups excluding carboxylic acids is 1. The van der Waals surface area contributed by atoms with Gasteiger partial charge in [0.2, 0.25) is 5.91 Å². The van der Waals surface area contributed by atoms with E-state index in [0.717, 1.165) is 50.5 Å². The van der Waals surface area contributed by atoms with Crippen LogP contribution in [0.2, 0.25) is 0 Å². The van der Waals surface area contributed by atoms with Crippen LogP contribution in [0.25, 0.3) is 0 Å². The maximum atomic E-state index is 13.7. The Morgan fingerprint density at radius 2 is 1.38 bits per heavy atom. The van der Waals surface area contributed by atoms with Gasteiger partial charge in [0, 0.05) is 17.7 Å². The van der Waals surface area contributed by atoms with Crippen molar-refractivity contribution in [2.75, 3.05) is 0 Å². The molecule has 2 aromatic rings. The lowest BCUT2D eigenvalue weighted by molar-refractivity contribution is -0.133. The molecule has 0 fully saturated rings. The van der Waals surface area contributed by atoms with Crippen molar-refractivity contribution >= 4 is 5.91 Å². The summed E-state index contributed by atoms with van der Waals surface area (Å²) < 4.78 is 0. The molecule has 154 valence electrons. The fraction of sp³-hybridized carbons (Fsp3) is 0.444. The molecule has 1 aliphatic heterocycles. The quantitative estimate of drug-likeness (QED) is 0.489. The molecule has 0 aliphatic carbocycles. The van der Waals surface area contributed by atoms with Crippen LogP contribution < -0.4 is 0 Å². The van der Waals surface area contributed by atoms with Crippen LogP contribution in [0.15, 0.2) is 71.8 Å². The van der Waals surface area contributed by atoms with Crippen LogP contribution in [0.4, 0.5) is 0 Å². The first-order chi connectivity index (χ1) is 14.1. The molecule has 1 atom stereocenters. The fourth-order valence-corrected chi connectivity index (χ4v) is 4.74. The summed E-state index contributed by atoms with van der Waals surface area (Å²) in [7, 11) is 0. The molecule has 0 saturated carbocycles. The van der Waals surface area contributed by atoms with E-state index in [9.17, 15) is 4.79 Å². The summed E-state index contributed by atoms with van der Waals surface area (Å²) >= 11 is 0. The molecular formula is C27H35NO. The van der Waals surface area contributed by atoms with Crippen molar-refractivity contribution in [1.82, 2.24) is 4.90 Å². The number of carbonyl (C=O) groups is 1. The second-order valence-electron chi connectivity index (χ2n) is 8.38. The molecule has 0 unspecified atom stereocenters. The van der Waals surface area contributed by atoms with Crippen molar-refractivity contribution in [2.24, 2.45) is 0 Å². The molecule has 3 rings (SSSR count). The van der Waals surface area contributed by atoms with Gasteiger partial charge in [-0.3, -0.25) is 4.79 Å². The van der Waals surface area contributed by atoms with Crippen molar-refractivity contribution in [3.63, 3.8) is 0 Å². The Kier molecular flexibility index (Phi) is 7.69. The van der Waals surface area contributed by atoms with Crippen LogP contribution in [0.3, 0.4) is 0 Å². The zero-order valence-corrected chi connectivity index (χ0v) is 18.2. The van der Waals surface area contributed by atoms with Crippen molar-refractivity contribution in [3.8, 4) is 0 Å². The first kappa shape index (κ1) is 21.4. The molecule has 0 N–H and O–H groups in total. The van der Waals surface area contributed by atoms with E-state index < -0.39 is 0 Å². The van der Waals surface area contributed by atoms with Gasteiger partial charge < -0.3 is 4.90 Å². The molecule has 0 bridgehead atoms. The molecule has 2 heteroatoms. The van der Waals surface area contributed by atoms with Gasteiger partial charge in [-0.2, -0.15) is 0 Å². The summed E-state index contributed by atoms with van der Waals surface area (Å²) in [4.78, 5) is 15.9. The van der Waals surface area contributed by atoms with E-state index in [-0.39, 0.29) is 18.0 Å². The van der Waals surface area contributed by atoms with Gasteiger partial charge in [-0.1, -0.05) is 92.9 Å². The van der Waals surface area contributed by atoms with Gasteiger partial charge in [0.25, 0.3) is 0 Å². The maximum Gasteiger partial charge on any atom is 0.250 e. The van der Waals surface area contributed by atoms with E-state index in [1.165, 1.54) is 16.7 Å². The van der Waals surface area contributed by atoms with E-state index in [4.69, 9.17) is 0 Å². The van der Waals surface area contributed by atoms with Gasteiger partial charge in [-0.15, -0.1) is 0 Å². The lowest BCUT2D eigenvalue weighted by atomic mass is 9.86. The van der Waals surface area contributed by atoms with Gasteiger partial charge in [0.1, 0.15) is 0 Å². The van der Waals surface area contributed by atoms with Crippen LogP contribution in [-0.4, -0.2) is 22.9 Å². The minimum Gasteiger partial charge on any atom is -0.332 e. The lowest BCUT2D eigenvalue weighted by Crippen LogP contribution is -2.51. The van der Waals surface area contributed by atoms with Gasteiger partial charge in [-0.25, -0.2) is 0 Å². The van der Waals surface area contributed by atoms with Crippen LogP contribution in [0.1, 0.15) is 64.0 Å². The molecule has 0 saturated heterocycles. The third-order valence-electron chi connectivity index (χ3n) is 6.01. The van der Waals surface area contributed by atoms with Crippen LogP contribution in [0, 0.1) is 0 Å². The molecule has 29 heavy (non-hydrogen) atoms. The van der Waals surface area contributed by atoms with Crippen molar-refractivity contribution in [1.29, 1.82) is 0 Å². The molecule has 0 aromatic heterocycles. The Labute approximate surface area is 176 Å². The summed E-state index contributed by atoms with van der Waals surface area (Å²) in [6, 6.07) is 21.7. The minimum absolute atomic E-state index is 0.178. The second-order valence-corrected chi connectivity index (χ2v) is 8.38. The zero-order chi connectivity index (χ0) is 20.6. The van der Waals surface area contributed by atoms with Crippen molar-refractivity contribution in [2.45, 2.75) is 77.8 Å². The average molecular weight is 390 g/mol. The second kappa shape index (κ2) is 10.4. The van der Waals surface area contributed by atoms with E-state index >= 15 is 0 Å². The summed E-state index contributed by atoms with van der Waals surface area (Å²) in [5.74, 6) is 0.283. The number of benzene rings is 2. The standard InChI is InChI=1S/C27H35NO/c1-4-12-24-18-21(3)28(27(29)26(24)13-5-2)25(19-22-14-8-6-9-15-22)20-23-16-10-7-11-17-23/h6-11,14-17,21,25H,4-5,12-13,18-20H2,1-3H3/t21-/m1/s1. The lowest BCUT2D eigenvalue weighted by Gasteiger charge is -2.42. The van der Waals surface area contributed by atoms with E-state index in [1.807, 2.05) is 0 Å². The SMILES string of the molecule is CCCC1=C(CCC)C(=O)N(C(Cc2ccccc2)Cc2ccccc2)[C@H](C)C1. The number of nitrogens with zero attached hydrogens (tertiary/aromatic N) is 1. The van der Waals surface area contributed by atoms with Gasteiger partial charge in [0.15, 0.2) is 0 Å². The van der Waals surface area contributed by atoms with E-state index in [1.54, 1.807) is 0 Å². The van der Waals surface area contributed by atoms with E-state index in [2.05, 4.69) is 86.3 Å². The highest BCUT2D eigenvalue weighted by Gasteiger charge is 2.35. The Morgan fingerprint density at radius 1 is 0.862 bits per heavy atom. The molecule has 2 nitrogen and oxygen atoms in total.